The highest BCUT2D eigenvalue weighted by Crippen LogP contribution is 2.34. The molecule has 10 heteroatoms. The molecule has 0 amide bonds. The van der Waals surface area contributed by atoms with Gasteiger partial charge in [0.2, 0.25) is 0 Å². The van der Waals surface area contributed by atoms with Gasteiger partial charge in [0, 0.05) is 5.92 Å². The van der Waals surface area contributed by atoms with Gasteiger partial charge in [-0.3, -0.25) is 4.79 Å². The number of aromatic nitrogens is 5. The molecule has 0 fully saturated rings. The second-order valence-corrected chi connectivity index (χ2v) is 7.72. The zero-order valence-electron chi connectivity index (χ0n) is 18.3. The molecular weight excluding hydrogens is 426 g/mol. The minimum atomic E-state index is -1.01. The van der Waals surface area contributed by atoms with Gasteiger partial charge in [0.1, 0.15) is 17.3 Å². The Morgan fingerprint density at radius 1 is 1.15 bits per heavy atom. The van der Waals surface area contributed by atoms with Crippen molar-refractivity contribution in [3.05, 3.63) is 52.8 Å². The maximum atomic E-state index is 12.3. The standard InChI is InChI=1S/C23H23N5O5/c1-4-32-17-11-14(13-6-5-7-15(10-13)33-19(12(2)3)23(30)31)8-9-16(17)20-24-21-18(22(29)25-20)26-28-27-21/h5-12,19H,4H2,1-3H3,(H,30,31)(H2,24,25,26,27,28,29). The summed E-state index contributed by atoms with van der Waals surface area (Å²) in [6.07, 6.45) is -0.948. The van der Waals surface area contributed by atoms with Crippen molar-refractivity contribution in [1.82, 2.24) is 25.4 Å². The SMILES string of the molecule is CCOc1cc(-c2cccc(OC(C(=O)O)C(C)C)c2)ccc1-c1nc2[nH]nnc2c(=O)[nH]1. The number of nitrogens with one attached hydrogen (secondary N) is 2. The molecule has 10 nitrogen and oxygen atoms in total. The van der Waals surface area contributed by atoms with Crippen molar-refractivity contribution in [1.29, 1.82) is 0 Å². The fourth-order valence-electron chi connectivity index (χ4n) is 3.43. The molecule has 2 aromatic carbocycles. The summed E-state index contributed by atoms with van der Waals surface area (Å²) in [7, 11) is 0. The normalized spacial score (nSPS) is 12.1. The summed E-state index contributed by atoms with van der Waals surface area (Å²) in [6, 6.07) is 12.7. The molecule has 2 aromatic heterocycles. The first kappa shape index (κ1) is 22.0. The number of fused-ring (bicyclic) bond motifs is 1. The number of hydrogen-bond acceptors (Lipinski definition) is 7. The van der Waals surface area contributed by atoms with Crippen molar-refractivity contribution in [3.63, 3.8) is 0 Å². The van der Waals surface area contributed by atoms with Gasteiger partial charge in [0.05, 0.1) is 12.2 Å². The Hall–Kier alpha value is -4.21. The van der Waals surface area contributed by atoms with E-state index in [0.29, 0.717) is 29.5 Å². The van der Waals surface area contributed by atoms with E-state index in [1.807, 2.05) is 25.1 Å². The van der Waals surface area contributed by atoms with E-state index < -0.39 is 17.6 Å². The van der Waals surface area contributed by atoms with Crippen LogP contribution in [0.3, 0.4) is 0 Å². The van der Waals surface area contributed by atoms with Gasteiger partial charge in [0.25, 0.3) is 5.56 Å². The predicted octanol–water partition coefficient (Wildman–Crippen LogP) is 3.26. The Bertz CT molecular complexity index is 1360. The van der Waals surface area contributed by atoms with Gasteiger partial charge in [-0.1, -0.05) is 37.3 Å². The molecule has 0 saturated carbocycles. The number of carbonyl (C=O) groups is 1. The third-order valence-electron chi connectivity index (χ3n) is 5.02. The molecule has 0 aliphatic heterocycles. The molecule has 0 saturated heterocycles. The number of benzene rings is 2. The van der Waals surface area contributed by atoms with Gasteiger partial charge in [-0.15, -0.1) is 5.10 Å². The number of ether oxygens (including phenoxy) is 2. The van der Waals surface area contributed by atoms with Crippen LogP contribution in [0.25, 0.3) is 33.7 Å². The van der Waals surface area contributed by atoms with Crippen molar-refractivity contribution in [2.24, 2.45) is 5.92 Å². The van der Waals surface area contributed by atoms with Crippen LogP contribution in [0.15, 0.2) is 47.3 Å². The summed E-state index contributed by atoms with van der Waals surface area (Å²) in [6.45, 7) is 5.86. The summed E-state index contributed by atoms with van der Waals surface area (Å²) >= 11 is 0. The van der Waals surface area contributed by atoms with Crippen molar-refractivity contribution >= 4 is 17.1 Å². The molecule has 1 unspecified atom stereocenters. The van der Waals surface area contributed by atoms with Crippen LogP contribution in [0, 0.1) is 5.92 Å². The Morgan fingerprint density at radius 3 is 2.67 bits per heavy atom. The van der Waals surface area contributed by atoms with Crippen LogP contribution >= 0.6 is 0 Å². The monoisotopic (exact) mass is 449 g/mol. The highest BCUT2D eigenvalue weighted by molar-refractivity contribution is 5.77. The summed E-state index contributed by atoms with van der Waals surface area (Å²) in [5.41, 5.74) is 2.26. The summed E-state index contributed by atoms with van der Waals surface area (Å²) < 4.78 is 11.6. The molecule has 4 rings (SSSR count). The molecule has 0 aliphatic rings. The van der Waals surface area contributed by atoms with Gasteiger partial charge >= 0.3 is 5.97 Å². The highest BCUT2D eigenvalue weighted by Gasteiger charge is 2.23. The molecule has 4 aromatic rings. The first-order chi connectivity index (χ1) is 15.9. The summed E-state index contributed by atoms with van der Waals surface area (Å²) in [5, 5.41) is 19.4. The van der Waals surface area contributed by atoms with Crippen LogP contribution in [0.4, 0.5) is 0 Å². The van der Waals surface area contributed by atoms with Crippen LogP contribution < -0.4 is 15.0 Å². The van der Waals surface area contributed by atoms with Crippen molar-refractivity contribution in [2.75, 3.05) is 6.61 Å². The van der Waals surface area contributed by atoms with E-state index in [4.69, 9.17) is 9.47 Å². The summed E-state index contributed by atoms with van der Waals surface area (Å²) in [5.74, 6) is 0.115. The fourth-order valence-corrected chi connectivity index (χ4v) is 3.43. The van der Waals surface area contributed by atoms with Gasteiger partial charge in [-0.25, -0.2) is 14.9 Å². The van der Waals surface area contributed by atoms with Gasteiger partial charge in [-0.05, 0) is 42.3 Å². The molecule has 0 bridgehead atoms. The number of carboxylic acids is 1. The number of hydrogen-bond donors (Lipinski definition) is 3. The second kappa shape index (κ2) is 9.11. The van der Waals surface area contributed by atoms with Crippen molar-refractivity contribution in [3.8, 4) is 34.0 Å². The lowest BCUT2D eigenvalue weighted by Crippen LogP contribution is -2.32. The molecule has 0 aliphatic carbocycles. The third-order valence-corrected chi connectivity index (χ3v) is 5.02. The number of aliphatic carboxylic acids is 1. The van der Waals surface area contributed by atoms with E-state index in [1.165, 1.54) is 0 Å². The number of aromatic amines is 2. The molecule has 33 heavy (non-hydrogen) atoms. The zero-order valence-corrected chi connectivity index (χ0v) is 18.3. The lowest BCUT2D eigenvalue weighted by Gasteiger charge is -2.19. The molecule has 170 valence electrons. The quantitative estimate of drug-likeness (QED) is 0.372. The molecule has 0 spiro atoms. The fraction of sp³-hybridized carbons (Fsp3) is 0.261. The maximum absolute atomic E-state index is 12.3. The Balaban J connectivity index is 1.72. The van der Waals surface area contributed by atoms with Crippen LogP contribution in [0.5, 0.6) is 11.5 Å². The molecular formula is C23H23N5O5. The van der Waals surface area contributed by atoms with Crippen LogP contribution in [-0.4, -0.2) is 49.2 Å². The lowest BCUT2D eigenvalue weighted by molar-refractivity contribution is -0.147. The lowest BCUT2D eigenvalue weighted by atomic mass is 10.0. The van der Waals surface area contributed by atoms with Gasteiger partial charge < -0.3 is 19.6 Å². The first-order valence-corrected chi connectivity index (χ1v) is 10.5. The average Bonchev–Trinajstić information content (AvgIpc) is 3.27. The van der Waals surface area contributed by atoms with Gasteiger partial charge in [-0.2, -0.15) is 0 Å². The largest absolute Gasteiger partial charge is 0.493 e. The van der Waals surface area contributed by atoms with Crippen molar-refractivity contribution < 1.29 is 19.4 Å². The van der Waals surface area contributed by atoms with Gasteiger partial charge in [0.15, 0.2) is 17.3 Å². The second-order valence-electron chi connectivity index (χ2n) is 7.72. The predicted molar refractivity (Wildman–Crippen MR) is 121 cm³/mol. The van der Waals surface area contributed by atoms with E-state index in [-0.39, 0.29) is 17.1 Å². The molecule has 3 N–H and O–H groups in total. The molecule has 1 atom stereocenters. The number of nitrogens with zero attached hydrogens (tertiary/aromatic N) is 3. The first-order valence-electron chi connectivity index (χ1n) is 10.5. The molecule has 0 radical (unpaired) electrons. The Morgan fingerprint density at radius 2 is 1.94 bits per heavy atom. The Labute approximate surface area is 188 Å². The minimum absolute atomic E-state index is 0.131. The summed E-state index contributed by atoms with van der Waals surface area (Å²) in [4.78, 5) is 30.9. The molecule has 2 heterocycles. The van der Waals surface area contributed by atoms with E-state index in [1.54, 1.807) is 38.1 Å². The van der Waals surface area contributed by atoms with E-state index in [0.717, 1.165) is 11.1 Å². The van der Waals surface area contributed by atoms with Crippen molar-refractivity contribution in [2.45, 2.75) is 26.9 Å². The van der Waals surface area contributed by atoms with E-state index >= 15 is 0 Å². The number of rotatable bonds is 8. The minimum Gasteiger partial charge on any atom is -0.493 e. The average molecular weight is 449 g/mol. The van der Waals surface area contributed by atoms with E-state index in [9.17, 15) is 14.7 Å². The smallest absolute Gasteiger partial charge is 0.345 e. The van der Waals surface area contributed by atoms with E-state index in [2.05, 4.69) is 25.4 Å². The zero-order chi connectivity index (χ0) is 23.5. The number of carboxylic acid groups (broad SMARTS) is 1. The number of H-pyrrole nitrogens is 2. The van der Waals surface area contributed by atoms with Crippen LogP contribution in [0.1, 0.15) is 20.8 Å². The highest BCUT2D eigenvalue weighted by atomic mass is 16.5. The third kappa shape index (κ3) is 4.54. The Kier molecular flexibility index (Phi) is 6.07. The maximum Gasteiger partial charge on any atom is 0.345 e. The topological polar surface area (TPSA) is 143 Å². The van der Waals surface area contributed by atoms with Crippen LogP contribution in [-0.2, 0) is 4.79 Å². The van der Waals surface area contributed by atoms with Crippen LogP contribution in [0.2, 0.25) is 0 Å².